The molecule has 0 heterocycles. The van der Waals surface area contributed by atoms with Gasteiger partial charge in [-0.15, -0.1) is 0 Å². The quantitative estimate of drug-likeness (QED) is 0.584. The third-order valence-corrected chi connectivity index (χ3v) is 1.76. The first-order valence-corrected chi connectivity index (χ1v) is 4.94. The van der Waals surface area contributed by atoms with Crippen LogP contribution in [0.1, 0.15) is 34.6 Å². The van der Waals surface area contributed by atoms with Crippen molar-refractivity contribution in [2.75, 3.05) is 14.2 Å². The maximum atomic E-state index is 11.2. The molecule has 0 fully saturated rings. The van der Waals surface area contributed by atoms with Crippen LogP contribution in [0.5, 0.6) is 5.75 Å². The van der Waals surface area contributed by atoms with Gasteiger partial charge in [-0.2, -0.15) is 0 Å². The van der Waals surface area contributed by atoms with Gasteiger partial charge in [0.1, 0.15) is 17.6 Å². The molecule has 4 heteroatoms. The SMILES string of the molecule is CC.COC(=O)c1cc(C=O)ccc1OC. The second kappa shape index (κ2) is 7.45. The van der Waals surface area contributed by atoms with Crippen molar-refractivity contribution in [3.05, 3.63) is 29.3 Å². The zero-order valence-electron chi connectivity index (χ0n) is 9.94. The summed E-state index contributed by atoms with van der Waals surface area (Å²) in [5.41, 5.74) is 0.658. The van der Waals surface area contributed by atoms with Gasteiger partial charge in [-0.3, -0.25) is 4.79 Å². The number of aldehydes is 1. The molecular weight excluding hydrogens is 208 g/mol. The summed E-state index contributed by atoms with van der Waals surface area (Å²) < 4.78 is 9.49. The molecule has 0 aromatic heterocycles. The topological polar surface area (TPSA) is 52.6 Å². The Hall–Kier alpha value is -1.84. The normalized spacial score (nSPS) is 8.50. The third-order valence-electron chi connectivity index (χ3n) is 1.76. The van der Waals surface area contributed by atoms with Crippen molar-refractivity contribution in [3.8, 4) is 5.75 Å². The van der Waals surface area contributed by atoms with Gasteiger partial charge >= 0.3 is 5.97 Å². The van der Waals surface area contributed by atoms with Gasteiger partial charge < -0.3 is 9.47 Å². The molecule has 0 atom stereocenters. The Labute approximate surface area is 95.2 Å². The molecule has 0 saturated heterocycles. The van der Waals surface area contributed by atoms with Gasteiger partial charge in [0.25, 0.3) is 0 Å². The fourth-order valence-electron chi connectivity index (χ4n) is 1.07. The van der Waals surface area contributed by atoms with Crippen molar-refractivity contribution in [1.82, 2.24) is 0 Å². The van der Waals surface area contributed by atoms with Gasteiger partial charge in [0.15, 0.2) is 0 Å². The monoisotopic (exact) mass is 224 g/mol. The van der Waals surface area contributed by atoms with E-state index < -0.39 is 5.97 Å². The number of hydrogen-bond acceptors (Lipinski definition) is 4. The van der Waals surface area contributed by atoms with Gasteiger partial charge in [0, 0.05) is 5.56 Å². The van der Waals surface area contributed by atoms with E-state index >= 15 is 0 Å². The molecule has 0 aliphatic heterocycles. The van der Waals surface area contributed by atoms with Gasteiger partial charge in [0.2, 0.25) is 0 Å². The lowest BCUT2D eigenvalue weighted by Gasteiger charge is -2.06. The first kappa shape index (κ1) is 14.2. The highest BCUT2D eigenvalue weighted by molar-refractivity contribution is 5.94. The van der Waals surface area contributed by atoms with Crippen LogP contribution in [0.3, 0.4) is 0 Å². The number of hydrogen-bond donors (Lipinski definition) is 0. The van der Waals surface area contributed by atoms with Crippen LogP contribution in [-0.2, 0) is 4.74 Å². The van der Waals surface area contributed by atoms with E-state index in [0.29, 0.717) is 17.6 Å². The second-order valence-corrected chi connectivity index (χ2v) is 2.57. The fraction of sp³-hybridized carbons (Fsp3) is 0.333. The minimum Gasteiger partial charge on any atom is -0.496 e. The van der Waals surface area contributed by atoms with Crippen molar-refractivity contribution in [2.45, 2.75) is 13.8 Å². The molecule has 0 aliphatic rings. The summed E-state index contributed by atoms with van der Waals surface area (Å²) in [4.78, 5) is 21.7. The van der Waals surface area contributed by atoms with Crippen LogP contribution in [0, 0.1) is 0 Å². The number of esters is 1. The van der Waals surface area contributed by atoms with Crippen molar-refractivity contribution in [1.29, 1.82) is 0 Å². The highest BCUT2D eigenvalue weighted by atomic mass is 16.5. The average Bonchev–Trinajstić information content (AvgIpc) is 2.39. The molecule has 0 bridgehead atoms. The summed E-state index contributed by atoms with van der Waals surface area (Å²) in [6.45, 7) is 4.00. The highest BCUT2D eigenvalue weighted by Crippen LogP contribution is 2.19. The van der Waals surface area contributed by atoms with E-state index in [9.17, 15) is 9.59 Å². The number of ether oxygens (including phenoxy) is 2. The Kier molecular flexibility index (Phi) is 6.59. The Morgan fingerprint density at radius 2 is 1.88 bits per heavy atom. The predicted molar refractivity (Wildman–Crippen MR) is 61.1 cm³/mol. The van der Waals surface area contributed by atoms with Crippen LogP contribution >= 0.6 is 0 Å². The van der Waals surface area contributed by atoms with E-state index in [1.54, 1.807) is 12.1 Å². The third kappa shape index (κ3) is 3.38. The minimum absolute atomic E-state index is 0.250. The number of rotatable bonds is 3. The molecule has 0 radical (unpaired) electrons. The Morgan fingerprint density at radius 3 is 2.31 bits per heavy atom. The molecule has 4 nitrogen and oxygen atoms in total. The van der Waals surface area contributed by atoms with E-state index in [-0.39, 0.29) is 5.56 Å². The number of methoxy groups -OCH3 is 2. The Bertz CT molecular complexity index is 358. The van der Waals surface area contributed by atoms with Gasteiger partial charge in [0.05, 0.1) is 14.2 Å². The summed E-state index contributed by atoms with van der Waals surface area (Å²) in [5, 5.41) is 0. The molecule has 0 unspecified atom stereocenters. The number of carbonyl (C=O) groups excluding carboxylic acids is 2. The van der Waals surface area contributed by atoms with Gasteiger partial charge in [-0.1, -0.05) is 13.8 Å². The highest BCUT2D eigenvalue weighted by Gasteiger charge is 2.12. The standard InChI is InChI=1S/C10H10O4.C2H6/c1-13-9-4-3-7(6-11)5-8(9)10(12)14-2;1-2/h3-6H,1-2H3;1-2H3. The molecule has 1 aromatic rings. The zero-order valence-corrected chi connectivity index (χ0v) is 9.94. The number of carbonyl (C=O) groups is 2. The van der Waals surface area contributed by atoms with Crippen LogP contribution in [0.4, 0.5) is 0 Å². The second-order valence-electron chi connectivity index (χ2n) is 2.57. The van der Waals surface area contributed by atoms with Crippen LogP contribution in [-0.4, -0.2) is 26.5 Å². The molecule has 0 saturated carbocycles. The molecule has 88 valence electrons. The van der Waals surface area contributed by atoms with E-state index in [1.807, 2.05) is 13.8 Å². The molecule has 0 spiro atoms. The van der Waals surface area contributed by atoms with Crippen LogP contribution < -0.4 is 4.74 Å². The smallest absolute Gasteiger partial charge is 0.341 e. The van der Waals surface area contributed by atoms with Gasteiger partial charge in [-0.05, 0) is 18.2 Å². The zero-order chi connectivity index (χ0) is 12.6. The molecule has 16 heavy (non-hydrogen) atoms. The van der Waals surface area contributed by atoms with Crippen LogP contribution in [0.2, 0.25) is 0 Å². The van der Waals surface area contributed by atoms with Crippen molar-refractivity contribution >= 4 is 12.3 Å². The Balaban J connectivity index is 0.00000106. The maximum absolute atomic E-state index is 11.2. The minimum atomic E-state index is -0.523. The molecule has 1 aromatic carbocycles. The maximum Gasteiger partial charge on any atom is 0.341 e. The lowest BCUT2D eigenvalue weighted by atomic mass is 10.1. The summed E-state index contributed by atoms with van der Waals surface area (Å²) in [6.07, 6.45) is 0.659. The van der Waals surface area contributed by atoms with Crippen LogP contribution in [0.25, 0.3) is 0 Å². The van der Waals surface area contributed by atoms with Crippen molar-refractivity contribution in [2.24, 2.45) is 0 Å². The summed E-state index contributed by atoms with van der Waals surface area (Å²) in [6, 6.07) is 4.55. The molecular formula is C12H16O4. The number of benzene rings is 1. The molecule has 0 amide bonds. The van der Waals surface area contributed by atoms with E-state index in [1.165, 1.54) is 20.3 Å². The predicted octanol–water partition coefficient (Wildman–Crippen LogP) is 2.32. The van der Waals surface area contributed by atoms with Crippen molar-refractivity contribution < 1.29 is 19.1 Å². The molecule has 1 rings (SSSR count). The van der Waals surface area contributed by atoms with E-state index in [4.69, 9.17) is 4.74 Å². The first-order chi connectivity index (χ1) is 7.72. The first-order valence-electron chi connectivity index (χ1n) is 4.94. The molecule has 0 N–H and O–H groups in total. The van der Waals surface area contributed by atoms with Gasteiger partial charge in [-0.25, -0.2) is 4.79 Å². The van der Waals surface area contributed by atoms with Crippen LogP contribution in [0.15, 0.2) is 18.2 Å². The van der Waals surface area contributed by atoms with E-state index in [0.717, 1.165) is 0 Å². The average molecular weight is 224 g/mol. The molecule has 0 aliphatic carbocycles. The fourth-order valence-corrected chi connectivity index (χ4v) is 1.07. The lowest BCUT2D eigenvalue weighted by molar-refractivity contribution is 0.0597. The largest absolute Gasteiger partial charge is 0.496 e. The summed E-state index contributed by atoms with van der Waals surface area (Å²) in [7, 11) is 2.72. The summed E-state index contributed by atoms with van der Waals surface area (Å²) >= 11 is 0. The summed E-state index contributed by atoms with van der Waals surface area (Å²) in [5.74, 6) is -0.131. The van der Waals surface area contributed by atoms with E-state index in [2.05, 4.69) is 4.74 Å². The lowest BCUT2D eigenvalue weighted by Crippen LogP contribution is -2.04. The van der Waals surface area contributed by atoms with Crippen molar-refractivity contribution in [3.63, 3.8) is 0 Å². The Morgan fingerprint density at radius 1 is 1.25 bits per heavy atom.